The Labute approximate surface area is 141 Å². The maximum atomic E-state index is 12.3. The van der Waals surface area contributed by atoms with Gasteiger partial charge in [-0.1, -0.05) is 43.7 Å². The van der Waals surface area contributed by atoms with Crippen LogP contribution in [0.15, 0.2) is 35.3 Å². The second-order valence-corrected chi connectivity index (χ2v) is 6.11. The van der Waals surface area contributed by atoms with E-state index in [9.17, 15) is 9.59 Å². The molecule has 3 rings (SSSR count). The van der Waals surface area contributed by atoms with Crippen molar-refractivity contribution in [2.24, 2.45) is 4.99 Å². The summed E-state index contributed by atoms with van der Waals surface area (Å²) in [4.78, 5) is 32.3. The molecule has 0 radical (unpaired) electrons. The summed E-state index contributed by atoms with van der Waals surface area (Å²) in [6.45, 7) is 3.37. The van der Waals surface area contributed by atoms with Crippen molar-refractivity contribution < 1.29 is 9.59 Å². The number of carbonyl (C=O) groups is 2. The highest BCUT2D eigenvalue weighted by Gasteiger charge is 2.49. The van der Waals surface area contributed by atoms with Crippen LogP contribution in [0.5, 0.6) is 0 Å². The maximum absolute atomic E-state index is 12.3. The summed E-state index contributed by atoms with van der Waals surface area (Å²) in [6.07, 6.45) is 1.61. The first-order valence-electron chi connectivity index (χ1n) is 8.31. The minimum absolute atomic E-state index is 0.267. The number of rotatable bonds is 5. The zero-order valence-electron chi connectivity index (χ0n) is 14.0. The molecule has 24 heavy (non-hydrogen) atoms. The molecule has 2 saturated heterocycles. The standard InChI is InChI=1S/C17H23N5O2/c1-3-4-10-22-13-14(21(2)17(24)20-15(13)23)19-16(22)18-11-12-8-6-5-7-9-12/h5-9,13-14H,3-4,10-11H2,1-2H3,(H,18,19)(H,20,23,24). The Balaban J connectivity index is 1.84. The van der Waals surface area contributed by atoms with Gasteiger partial charge in [-0.15, -0.1) is 0 Å². The molecule has 3 amide bonds. The van der Waals surface area contributed by atoms with Crippen LogP contribution in [0.2, 0.25) is 0 Å². The lowest BCUT2D eigenvalue weighted by Crippen LogP contribution is -2.64. The van der Waals surface area contributed by atoms with Gasteiger partial charge in [0.25, 0.3) is 5.91 Å². The third-order valence-electron chi connectivity index (χ3n) is 4.43. The van der Waals surface area contributed by atoms with Crippen LogP contribution in [-0.4, -0.2) is 53.5 Å². The molecule has 0 bridgehead atoms. The first-order valence-corrected chi connectivity index (χ1v) is 8.31. The van der Waals surface area contributed by atoms with Crippen molar-refractivity contribution >= 4 is 17.9 Å². The summed E-state index contributed by atoms with van der Waals surface area (Å²) < 4.78 is 0. The average molecular weight is 329 g/mol. The Morgan fingerprint density at radius 1 is 1.21 bits per heavy atom. The van der Waals surface area contributed by atoms with E-state index in [1.807, 2.05) is 35.2 Å². The fraction of sp³-hybridized carbons (Fsp3) is 0.471. The predicted octanol–water partition coefficient (Wildman–Crippen LogP) is 1.12. The highest BCUT2D eigenvalue weighted by atomic mass is 16.2. The lowest BCUT2D eigenvalue weighted by Gasteiger charge is -2.35. The normalized spacial score (nSPS) is 24.8. The Bertz CT molecular complexity index is 646. The summed E-state index contributed by atoms with van der Waals surface area (Å²) >= 11 is 0. The van der Waals surface area contributed by atoms with E-state index in [1.54, 1.807) is 7.05 Å². The number of imide groups is 1. The number of nitrogens with one attached hydrogen (secondary N) is 2. The highest BCUT2D eigenvalue weighted by Crippen LogP contribution is 2.21. The minimum atomic E-state index is -0.436. The summed E-state index contributed by atoms with van der Waals surface area (Å²) in [5, 5.41) is 5.67. The largest absolute Gasteiger partial charge is 0.333 e. The second kappa shape index (κ2) is 6.90. The van der Waals surface area contributed by atoms with Crippen molar-refractivity contribution in [2.75, 3.05) is 13.6 Å². The summed E-state index contributed by atoms with van der Waals surface area (Å²) in [5.41, 5.74) is 1.10. The van der Waals surface area contributed by atoms with Crippen LogP contribution in [0.1, 0.15) is 25.3 Å². The van der Waals surface area contributed by atoms with Crippen LogP contribution in [-0.2, 0) is 11.3 Å². The van der Waals surface area contributed by atoms with Crippen LogP contribution in [0.25, 0.3) is 0 Å². The monoisotopic (exact) mass is 329 g/mol. The fourth-order valence-corrected chi connectivity index (χ4v) is 3.04. The molecule has 0 aliphatic carbocycles. The van der Waals surface area contributed by atoms with Gasteiger partial charge in [0.05, 0.1) is 6.54 Å². The van der Waals surface area contributed by atoms with E-state index in [-0.39, 0.29) is 18.1 Å². The molecule has 7 heteroatoms. The Morgan fingerprint density at radius 2 is 1.96 bits per heavy atom. The molecule has 7 nitrogen and oxygen atoms in total. The van der Waals surface area contributed by atoms with E-state index in [1.165, 1.54) is 4.90 Å². The fourth-order valence-electron chi connectivity index (χ4n) is 3.04. The molecular formula is C17H23N5O2. The highest BCUT2D eigenvalue weighted by molar-refractivity contribution is 6.04. The number of aliphatic imine (C=N–C) groups is 1. The lowest BCUT2D eigenvalue weighted by atomic mass is 10.1. The van der Waals surface area contributed by atoms with E-state index in [2.05, 4.69) is 22.5 Å². The zero-order valence-corrected chi connectivity index (χ0v) is 14.0. The number of carbonyl (C=O) groups excluding carboxylic acids is 2. The maximum Gasteiger partial charge on any atom is 0.325 e. The van der Waals surface area contributed by atoms with Gasteiger partial charge in [0.1, 0.15) is 6.17 Å². The number of likely N-dealkylation sites (N-methyl/N-ethyl adjacent to an activating group) is 1. The van der Waals surface area contributed by atoms with Gasteiger partial charge in [-0.25, -0.2) is 9.79 Å². The molecule has 0 spiro atoms. The SMILES string of the molecule is CCCCN1C(=NCc2ccccc2)NC2C1C(=O)NC(=O)N2C. The molecule has 2 N–H and O–H groups in total. The lowest BCUT2D eigenvalue weighted by molar-refractivity contribution is -0.127. The van der Waals surface area contributed by atoms with E-state index in [0.717, 1.165) is 24.9 Å². The topological polar surface area (TPSA) is 77.0 Å². The molecule has 0 aromatic heterocycles. The molecule has 2 aliphatic heterocycles. The first kappa shape index (κ1) is 16.3. The summed E-state index contributed by atoms with van der Waals surface area (Å²) in [7, 11) is 1.69. The van der Waals surface area contributed by atoms with E-state index >= 15 is 0 Å². The summed E-state index contributed by atoms with van der Waals surface area (Å²) in [5.74, 6) is 0.413. The number of guanidine groups is 1. The number of urea groups is 1. The second-order valence-electron chi connectivity index (χ2n) is 6.11. The van der Waals surface area contributed by atoms with Crippen molar-refractivity contribution in [2.45, 2.75) is 38.5 Å². The molecule has 2 fully saturated rings. The Hall–Kier alpha value is -2.57. The van der Waals surface area contributed by atoms with Gasteiger partial charge >= 0.3 is 6.03 Å². The van der Waals surface area contributed by atoms with Crippen molar-refractivity contribution in [1.29, 1.82) is 0 Å². The summed E-state index contributed by atoms with van der Waals surface area (Å²) in [6, 6.07) is 9.15. The minimum Gasteiger partial charge on any atom is -0.333 e. The number of benzene rings is 1. The number of nitrogens with zero attached hydrogens (tertiary/aromatic N) is 3. The molecule has 128 valence electrons. The van der Waals surface area contributed by atoms with Crippen LogP contribution >= 0.6 is 0 Å². The van der Waals surface area contributed by atoms with Gasteiger partial charge < -0.3 is 15.1 Å². The molecule has 1 aromatic carbocycles. The third kappa shape index (κ3) is 3.06. The number of fused-ring (bicyclic) bond motifs is 1. The average Bonchev–Trinajstić information content (AvgIpc) is 2.96. The molecule has 2 aliphatic rings. The van der Waals surface area contributed by atoms with Gasteiger partial charge in [-0.05, 0) is 12.0 Å². The van der Waals surface area contributed by atoms with Crippen LogP contribution < -0.4 is 10.6 Å². The predicted molar refractivity (Wildman–Crippen MR) is 91.2 cm³/mol. The Morgan fingerprint density at radius 3 is 2.67 bits per heavy atom. The van der Waals surface area contributed by atoms with Crippen LogP contribution in [0.3, 0.4) is 0 Å². The quantitative estimate of drug-likeness (QED) is 0.849. The van der Waals surface area contributed by atoms with Gasteiger partial charge in [0.2, 0.25) is 0 Å². The van der Waals surface area contributed by atoms with E-state index in [4.69, 9.17) is 0 Å². The molecule has 2 atom stereocenters. The van der Waals surface area contributed by atoms with Gasteiger partial charge in [-0.2, -0.15) is 0 Å². The van der Waals surface area contributed by atoms with Gasteiger partial charge in [0, 0.05) is 13.6 Å². The molecule has 0 saturated carbocycles. The zero-order chi connectivity index (χ0) is 17.1. The van der Waals surface area contributed by atoms with Crippen LogP contribution in [0, 0.1) is 0 Å². The van der Waals surface area contributed by atoms with Crippen molar-refractivity contribution in [1.82, 2.24) is 20.4 Å². The Kier molecular flexibility index (Phi) is 4.69. The number of unbranched alkanes of at least 4 members (excludes halogenated alkanes) is 1. The first-order chi connectivity index (χ1) is 11.6. The van der Waals surface area contributed by atoms with Crippen molar-refractivity contribution in [3.8, 4) is 0 Å². The number of amides is 3. The van der Waals surface area contributed by atoms with Gasteiger partial charge in [0.15, 0.2) is 12.0 Å². The van der Waals surface area contributed by atoms with E-state index in [0.29, 0.717) is 12.5 Å². The van der Waals surface area contributed by atoms with Crippen LogP contribution in [0.4, 0.5) is 4.79 Å². The smallest absolute Gasteiger partial charge is 0.325 e. The van der Waals surface area contributed by atoms with E-state index < -0.39 is 6.04 Å². The molecule has 2 heterocycles. The van der Waals surface area contributed by atoms with Gasteiger partial charge in [-0.3, -0.25) is 10.1 Å². The van der Waals surface area contributed by atoms with Crippen molar-refractivity contribution in [3.05, 3.63) is 35.9 Å². The molecule has 1 aromatic rings. The number of hydrogen-bond donors (Lipinski definition) is 2. The number of hydrogen-bond acceptors (Lipinski definition) is 3. The third-order valence-corrected chi connectivity index (χ3v) is 4.43. The van der Waals surface area contributed by atoms with Crippen molar-refractivity contribution in [3.63, 3.8) is 0 Å². The molecule has 2 unspecified atom stereocenters. The molecular weight excluding hydrogens is 306 g/mol.